The van der Waals surface area contributed by atoms with E-state index >= 15 is 0 Å². The molecule has 1 aliphatic rings. The van der Waals surface area contributed by atoms with Crippen LogP contribution in [0.5, 0.6) is 0 Å². The van der Waals surface area contributed by atoms with Gasteiger partial charge in [-0.15, -0.1) is 0 Å². The van der Waals surface area contributed by atoms with Gasteiger partial charge in [0.2, 0.25) is 0 Å². The number of carbonyl (C=O) groups excluding carboxylic acids is 1. The third-order valence-corrected chi connectivity index (χ3v) is 2.00. The van der Waals surface area contributed by atoms with Gasteiger partial charge in [0.05, 0.1) is 24.4 Å². The standard InChI is InChI=1S/C12H13N3O2/c1-12(2,3)17-11(16)15-8-9(4-6-13)10(15)5-7-14/h4-5H,8H2,1-3H3. The van der Waals surface area contributed by atoms with Crippen LogP contribution in [-0.2, 0) is 4.74 Å². The van der Waals surface area contributed by atoms with Crippen LogP contribution < -0.4 is 0 Å². The van der Waals surface area contributed by atoms with Crippen molar-refractivity contribution < 1.29 is 9.53 Å². The van der Waals surface area contributed by atoms with E-state index in [0.717, 1.165) is 0 Å². The molecule has 5 nitrogen and oxygen atoms in total. The fourth-order valence-electron chi connectivity index (χ4n) is 1.33. The molecule has 1 rings (SSSR count). The average Bonchev–Trinajstić information content (AvgIpc) is 2.17. The highest BCUT2D eigenvalue weighted by atomic mass is 16.6. The lowest BCUT2D eigenvalue weighted by molar-refractivity contribution is 0.0287. The van der Waals surface area contributed by atoms with Crippen molar-refractivity contribution in [2.24, 2.45) is 0 Å². The van der Waals surface area contributed by atoms with Gasteiger partial charge in [-0.1, -0.05) is 0 Å². The molecule has 1 aliphatic heterocycles. The first-order valence-electron chi connectivity index (χ1n) is 5.08. The molecule has 0 aromatic heterocycles. The molecule has 0 unspecified atom stereocenters. The smallest absolute Gasteiger partial charge is 0.415 e. The zero-order valence-corrected chi connectivity index (χ0v) is 10.0. The number of allylic oxidation sites excluding steroid dienone is 2. The summed E-state index contributed by atoms with van der Waals surface area (Å²) in [6.07, 6.45) is 2.05. The van der Waals surface area contributed by atoms with Crippen LogP contribution in [0.1, 0.15) is 20.8 Å². The number of rotatable bonds is 0. The number of hydrogen-bond donors (Lipinski definition) is 0. The summed E-state index contributed by atoms with van der Waals surface area (Å²) in [4.78, 5) is 13.1. The van der Waals surface area contributed by atoms with Gasteiger partial charge in [0, 0.05) is 17.7 Å². The Morgan fingerprint density at radius 3 is 2.41 bits per heavy atom. The van der Waals surface area contributed by atoms with Crippen molar-refractivity contribution >= 4 is 6.09 Å². The molecule has 5 heteroatoms. The summed E-state index contributed by atoms with van der Waals surface area (Å²) in [7, 11) is 0. The van der Waals surface area contributed by atoms with Crippen molar-refractivity contribution in [1.82, 2.24) is 4.90 Å². The lowest BCUT2D eigenvalue weighted by Crippen LogP contribution is -2.45. The van der Waals surface area contributed by atoms with E-state index in [-0.39, 0.29) is 0 Å². The first-order chi connectivity index (χ1) is 7.89. The Kier molecular flexibility index (Phi) is 3.55. The molecule has 1 fully saturated rings. The molecule has 0 spiro atoms. The van der Waals surface area contributed by atoms with Crippen LogP contribution >= 0.6 is 0 Å². The third kappa shape index (κ3) is 3.09. The van der Waals surface area contributed by atoms with Gasteiger partial charge >= 0.3 is 6.09 Å². The SMILES string of the molecule is CC(C)(C)OC(=O)N1CC(=CC#N)C1=CC#N. The number of likely N-dealkylation sites (tertiary alicyclic amines) is 1. The van der Waals surface area contributed by atoms with Crippen molar-refractivity contribution in [1.29, 1.82) is 10.5 Å². The number of hydrogen-bond acceptors (Lipinski definition) is 4. The van der Waals surface area contributed by atoms with Crippen molar-refractivity contribution in [3.05, 3.63) is 23.4 Å². The summed E-state index contributed by atoms with van der Waals surface area (Å²) in [5.74, 6) is 0. The van der Waals surface area contributed by atoms with Crippen molar-refractivity contribution in [3.8, 4) is 12.1 Å². The highest BCUT2D eigenvalue weighted by molar-refractivity contribution is 5.76. The monoisotopic (exact) mass is 231 g/mol. The zero-order valence-electron chi connectivity index (χ0n) is 10.0. The minimum Gasteiger partial charge on any atom is -0.443 e. The maximum Gasteiger partial charge on any atom is 0.415 e. The Labute approximate surface area is 100 Å². The zero-order chi connectivity index (χ0) is 13.1. The number of amides is 1. The second-order valence-corrected chi connectivity index (χ2v) is 4.52. The van der Waals surface area contributed by atoms with Gasteiger partial charge in [-0.25, -0.2) is 4.79 Å². The Morgan fingerprint density at radius 1 is 1.35 bits per heavy atom. The predicted octanol–water partition coefficient (Wildman–Crippen LogP) is 2.09. The Morgan fingerprint density at radius 2 is 1.94 bits per heavy atom. The molecule has 88 valence electrons. The fourth-order valence-corrected chi connectivity index (χ4v) is 1.33. The normalized spacial score (nSPS) is 19.5. The molecule has 1 heterocycles. The molecule has 1 saturated heterocycles. The van der Waals surface area contributed by atoms with Gasteiger partial charge in [-0.3, -0.25) is 4.90 Å². The van der Waals surface area contributed by atoms with Crippen molar-refractivity contribution in [2.45, 2.75) is 26.4 Å². The lowest BCUT2D eigenvalue weighted by Gasteiger charge is -2.37. The summed E-state index contributed by atoms with van der Waals surface area (Å²) in [6.45, 7) is 5.61. The minimum absolute atomic E-state index is 0.302. The predicted molar refractivity (Wildman–Crippen MR) is 60.3 cm³/mol. The molecule has 0 N–H and O–H groups in total. The molecule has 0 atom stereocenters. The topological polar surface area (TPSA) is 77.1 Å². The number of nitriles is 2. The van der Waals surface area contributed by atoms with Gasteiger partial charge in [0.15, 0.2) is 0 Å². The van der Waals surface area contributed by atoms with Crippen LogP contribution in [0.3, 0.4) is 0 Å². The molecule has 0 aliphatic carbocycles. The summed E-state index contributed by atoms with van der Waals surface area (Å²) >= 11 is 0. The molecular formula is C12H13N3O2. The van der Waals surface area contributed by atoms with Gasteiger partial charge in [-0.2, -0.15) is 10.5 Å². The Hall–Kier alpha value is -2.27. The quantitative estimate of drug-likeness (QED) is 0.598. The molecule has 0 radical (unpaired) electrons. The summed E-state index contributed by atoms with van der Waals surface area (Å²) < 4.78 is 5.17. The van der Waals surface area contributed by atoms with Gasteiger partial charge in [0.1, 0.15) is 5.60 Å². The molecular weight excluding hydrogens is 218 g/mol. The molecule has 0 bridgehead atoms. The van der Waals surface area contributed by atoms with Gasteiger partial charge in [0.25, 0.3) is 0 Å². The van der Waals surface area contributed by atoms with Gasteiger partial charge in [-0.05, 0) is 20.8 Å². The van der Waals surface area contributed by atoms with E-state index in [1.165, 1.54) is 17.1 Å². The third-order valence-electron chi connectivity index (χ3n) is 2.00. The molecule has 0 aromatic rings. The van der Waals surface area contributed by atoms with Crippen LogP contribution in [0.15, 0.2) is 23.4 Å². The lowest BCUT2D eigenvalue weighted by atomic mass is 10.0. The minimum atomic E-state index is -0.580. The Balaban J connectivity index is 2.81. The number of ether oxygens (including phenoxy) is 1. The summed E-state index contributed by atoms with van der Waals surface area (Å²) in [5, 5.41) is 17.1. The van der Waals surface area contributed by atoms with E-state index in [4.69, 9.17) is 15.3 Å². The maximum atomic E-state index is 11.7. The number of nitrogens with zero attached hydrogens (tertiary/aromatic N) is 3. The van der Waals surface area contributed by atoms with Crippen molar-refractivity contribution in [2.75, 3.05) is 6.54 Å². The molecule has 1 amide bonds. The average molecular weight is 231 g/mol. The highest BCUT2D eigenvalue weighted by Crippen LogP contribution is 2.29. The first-order valence-corrected chi connectivity index (χ1v) is 5.08. The van der Waals surface area contributed by atoms with Crippen LogP contribution in [0.4, 0.5) is 4.79 Å². The second kappa shape index (κ2) is 4.71. The van der Waals surface area contributed by atoms with Crippen molar-refractivity contribution in [3.63, 3.8) is 0 Å². The summed E-state index contributed by atoms with van der Waals surface area (Å²) in [6, 6.07) is 3.72. The van der Waals surface area contributed by atoms with Crippen LogP contribution in [-0.4, -0.2) is 23.1 Å². The summed E-state index contributed by atoms with van der Waals surface area (Å²) in [5.41, 5.74) is 0.520. The van der Waals surface area contributed by atoms with E-state index in [1.807, 2.05) is 12.1 Å². The molecule has 0 saturated carbocycles. The second-order valence-electron chi connectivity index (χ2n) is 4.52. The van der Waals surface area contributed by atoms with Crippen LogP contribution in [0, 0.1) is 22.7 Å². The largest absolute Gasteiger partial charge is 0.443 e. The maximum absolute atomic E-state index is 11.7. The van der Waals surface area contributed by atoms with Gasteiger partial charge < -0.3 is 4.74 Å². The molecule has 17 heavy (non-hydrogen) atoms. The number of carbonyl (C=O) groups is 1. The Bertz CT molecular complexity index is 469. The first kappa shape index (κ1) is 12.8. The van der Waals surface area contributed by atoms with E-state index in [2.05, 4.69) is 0 Å². The van der Waals surface area contributed by atoms with E-state index in [1.54, 1.807) is 20.8 Å². The van der Waals surface area contributed by atoms with E-state index < -0.39 is 11.7 Å². The van der Waals surface area contributed by atoms with Crippen LogP contribution in [0.25, 0.3) is 0 Å². The van der Waals surface area contributed by atoms with E-state index in [9.17, 15) is 4.79 Å². The van der Waals surface area contributed by atoms with E-state index in [0.29, 0.717) is 17.8 Å². The fraction of sp³-hybridized carbons (Fsp3) is 0.417. The van der Waals surface area contributed by atoms with Crippen LogP contribution in [0.2, 0.25) is 0 Å². The highest BCUT2D eigenvalue weighted by Gasteiger charge is 2.34. The molecule has 0 aromatic carbocycles.